The average molecular weight is 113 g/mol. The van der Waals surface area contributed by atoms with Gasteiger partial charge in [0.05, 0.1) is 0 Å². The average Bonchev–Trinajstić information content (AvgIpc) is 2.51. The smallest absolute Gasteiger partial charge is 0.00773 e. The first-order valence-corrected chi connectivity index (χ1v) is 3.63. The van der Waals surface area contributed by atoms with Crippen LogP contribution in [-0.2, 0) is 0 Å². The summed E-state index contributed by atoms with van der Waals surface area (Å²) in [5.41, 5.74) is 5.34. The molecule has 1 nitrogen and oxygen atoms in total. The van der Waals surface area contributed by atoms with Crippen molar-refractivity contribution in [2.45, 2.75) is 32.1 Å². The van der Waals surface area contributed by atoms with Gasteiger partial charge in [0.25, 0.3) is 0 Å². The molecule has 0 heterocycles. The van der Waals surface area contributed by atoms with E-state index in [0.717, 1.165) is 12.5 Å². The quantitative estimate of drug-likeness (QED) is 0.550. The molecule has 1 saturated carbocycles. The predicted octanol–water partition coefficient (Wildman–Crippen LogP) is 1.53. The summed E-state index contributed by atoms with van der Waals surface area (Å²) in [5.74, 6) is 1.10. The van der Waals surface area contributed by atoms with Crippen LogP contribution in [-0.4, -0.2) is 6.54 Å². The SMILES string of the molecule is NCCCCC1CC1. The Kier molecular flexibility index (Phi) is 2.34. The summed E-state index contributed by atoms with van der Waals surface area (Å²) in [6.07, 6.45) is 7.02. The molecule has 0 aromatic rings. The maximum absolute atomic E-state index is 5.34. The van der Waals surface area contributed by atoms with Gasteiger partial charge in [-0.15, -0.1) is 0 Å². The van der Waals surface area contributed by atoms with E-state index in [4.69, 9.17) is 5.73 Å². The fourth-order valence-corrected chi connectivity index (χ4v) is 0.984. The van der Waals surface area contributed by atoms with E-state index < -0.39 is 0 Å². The highest BCUT2D eigenvalue weighted by atomic mass is 14.5. The molecule has 0 aromatic heterocycles. The highest BCUT2D eigenvalue weighted by Crippen LogP contribution is 2.33. The van der Waals surface area contributed by atoms with Crippen molar-refractivity contribution in [2.24, 2.45) is 11.7 Å². The summed E-state index contributed by atoms with van der Waals surface area (Å²) in [6.45, 7) is 0.882. The molecule has 48 valence electrons. The fraction of sp³-hybridized carbons (Fsp3) is 1.00. The molecule has 0 spiro atoms. The zero-order valence-electron chi connectivity index (χ0n) is 5.40. The van der Waals surface area contributed by atoms with E-state index in [1.807, 2.05) is 0 Å². The van der Waals surface area contributed by atoms with Gasteiger partial charge in [0, 0.05) is 0 Å². The van der Waals surface area contributed by atoms with Gasteiger partial charge in [-0.25, -0.2) is 0 Å². The molecular formula is C7H15N. The second-order valence-electron chi connectivity index (χ2n) is 2.73. The largest absolute Gasteiger partial charge is 0.330 e. The van der Waals surface area contributed by atoms with E-state index in [-0.39, 0.29) is 0 Å². The Bertz CT molecular complexity index is 57.4. The summed E-state index contributed by atoms with van der Waals surface area (Å²) < 4.78 is 0. The lowest BCUT2D eigenvalue weighted by atomic mass is 10.2. The van der Waals surface area contributed by atoms with E-state index in [1.54, 1.807) is 0 Å². The van der Waals surface area contributed by atoms with Crippen LogP contribution in [0.1, 0.15) is 32.1 Å². The fourth-order valence-electron chi connectivity index (χ4n) is 0.984. The van der Waals surface area contributed by atoms with Crippen LogP contribution in [0.3, 0.4) is 0 Å². The Labute approximate surface area is 51.3 Å². The lowest BCUT2D eigenvalue weighted by Crippen LogP contribution is -1.97. The molecule has 1 heteroatoms. The van der Waals surface area contributed by atoms with Gasteiger partial charge in [-0.1, -0.05) is 25.7 Å². The Hall–Kier alpha value is -0.0400. The summed E-state index contributed by atoms with van der Waals surface area (Å²) in [7, 11) is 0. The highest BCUT2D eigenvalue weighted by Gasteiger charge is 2.19. The van der Waals surface area contributed by atoms with Crippen molar-refractivity contribution < 1.29 is 0 Å². The number of hydrogen-bond donors (Lipinski definition) is 1. The van der Waals surface area contributed by atoms with Gasteiger partial charge in [-0.2, -0.15) is 0 Å². The van der Waals surface area contributed by atoms with Gasteiger partial charge in [0.1, 0.15) is 0 Å². The summed E-state index contributed by atoms with van der Waals surface area (Å²) in [5, 5.41) is 0. The summed E-state index contributed by atoms with van der Waals surface area (Å²) in [6, 6.07) is 0. The van der Waals surface area contributed by atoms with Crippen LogP contribution in [0.5, 0.6) is 0 Å². The monoisotopic (exact) mass is 113 g/mol. The van der Waals surface area contributed by atoms with Crippen LogP contribution in [0.4, 0.5) is 0 Å². The second kappa shape index (κ2) is 3.08. The standard InChI is InChI=1S/C7H15N/c8-6-2-1-3-7-4-5-7/h7H,1-6,8H2. The molecule has 8 heavy (non-hydrogen) atoms. The van der Waals surface area contributed by atoms with E-state index in [9.17, 15) is 0 Å². The van der Waals surface area contributed by atoms with Crippen molar-refractivity contribution in [1.29, 1.82) is 0 Å². The predicted molar refractivity (Wildman–Crippen MR) is 35.6 cm³/mol. The van der Waals surface area contributed by atoms with Crippen molar-refractivity contribution in [3.05, 3.63) is 0 Å². The van der Waals surface area contributed by atoms with Crippen molar-refractivity contribution >= 4 is 0 Å². The van der Waals surface area contributed by atoms with E-state index in [0.29, 0.717) is 0 Å². The first kappa shape index (κ1) is 6.09. The molecule has 0 atom stereocenters. The lowest BCUT2D eigenvalue weighted by Gasteiger charge is -1.92. The molecule has 1 aliphatic rings. The third-order valence-electron chi connectivity index (χ3n) is 1.76. The topological polar surface area (TPSA) is 26.0 Å². The molecule has 0 amide bonds. The zero-order valence-corrected chi connectivity index (χ0v) is 5.40. The molecule has 0 saturated heterocycles. The van der Waals surface area contributed by atoms with E-state index in [1.165, 1.54) is 32.1 Å². The van der Waals surface area contributed by atoms with Crippen LogP contribution in [0.15, 0.2) is 0 Å². The third kappa shape index (κ3) is 2.31. The molecule has 0 bridgehead atoms. The summed E-state index contributed by atoms with van der Waals surface area (Å²) >= 11 is 0. The number of unbranched alkanes of at least 4 members (excludes halogenated alkanes) is 1. The Balaban J connectivity index is 1.74. The van der Waals surface area contributed by atoms with Crippen LogP contribution in [0.25, 0.3) is 0 Å². The minimum atomic E-state index is 0.882. The number of rotatable bonds is 4. The molecule has 0 aliphatic heterocycles. The normalized spacial score (nSPS) is 19.1. The van der Waals surface area contributed by atoms with Crippen molar-refractivity contribution in [3.63, 3.8) is 0 Å². The zero-order chi connectivity index (χ0) is 5.82. The van der Waals surface area contributed by atoms with Crippen molar-refractivity contribution in [1.82, 2.24) is 0 Å². The van der Waals surface area contributed by atoms with Gasteiger partial charge in [-0.3, -0.25) is 0 Å². The van der Waals surface area contributed by atoms with Crippen LogP contribution < -0.4 is 5.73 Å². The lowest BCUT2D eigenvalue weighted by molar-refractivity contribution is 0.635. The second-order valence-corrected chi connectivity index (χ2v) is 2.73. The number of nitrogens with two attached hydrogens (primary N) is 1. The van der Waals surface area contributed by atoms with Crippen molar-refractivity contribution in [3.8, 4) is 0 Å². The molecule has 1 rings (SSSR count). The molecular weight excluding hydrogens is 98.1 g/mol. The molecule has 1 fully saturated rings. The van der Waals surface area contributed by atoms with Crippen LogP contribution >= 0.6 is 0 Å². The van der Waals surface area contributed by atoms with Crippen molar-refractivity contribution in [2.75, 3.05) is 6.54 Å². The first-order chi connectivity index (χ1) is 3.93. The van der Waals surface area contributed by atoms with Crippen LogP contribution in [0, 0.1) is 5.92 Å². The van der Waals surface area contributed by atoms with Gasteiger partial charge < -0.3 is 5.73 Å². The minimum Gasteiger partial charge on any atom is -0.330 e. The maximum atomic E-state index is 5.34. The van der Waals surface area contributed by atoms with Gasteiger partial charge in [-0.05, 0) is 18.9 Å². The molecule has 0 unspecified atom stereocenters. The molecule has 0 aromatic carbocycles. The minimum absolute atomic E-state index is 0.882. The summed E-state index contributed by atoms with van der Waals surface area (Å²) in [4.78, 5) is 0. The Morgan fingerprint density at radius 1 is 1.25 bits per heavy atom. The molecule has 2 N–H and O–H groups in total. The van der Waals surface area contributed by atoms with E-state index in [2.05, 4.69) is 0 Å². The third-order valence-corrected chi connectivity index (χ3v) is 1.76. The van der Waals surface area contributed by atoms with E-state index >= 15 is 0 Å². The van der Waals surface area contributed by atoms with Gasteiger partial charge in [0.2, 0.25) is 0 Å². The molecule has 1 aliphatic carbocycles. The first-order valence-electron chi connectivity index (χ1n) is 3.63. The Morgan fingerprint density at radius 3 is 2.50 bits per heavy atom. The Morgan fingerprint density at radius 2 is 2.00 bits per heavy atom. The van der Waals surface area contributed by atoms with Crippen LogP contribution in [0.2, 0.25) is 0 Å². The van der Waals surface area contributed by atoms with Gasteiger partial charge >= 0.3 is 0 Å². The number of hydrogen-bond acceptors (Lipinski definition) is 1. The van der Waals surface area contributed by atoms with Gasteiger partial charge in [0.15, 0.2) is 0 Å². The highest BCUT2D eigenvalue weighted by molar-refractivity contribution is 4.72. The molecule has 0 radical (unpaired) electrons. The maximum Gasteiger partial charge on any atom is -0.00773 e.